The Hall–Kier alpha value is -3.68. The molecule has 3 rings (SSSR count). The molecule has 0 atom stereocenters. The van der Waals surface area contributed by atoms with E-state index in [0.717, 1.165) is 11.3 Å². The fraction of sp³-hybridized carbons (Fsp3) is 0.0588. The van der Waals surface area contributed by atoms with Crippen LogP contribution in [0.5, 0.6) is 0 Å². The van der Waals surface area contributed by atoms with E-state index in [1.807, 2.05) is 0 Å². The maximum Gasteiger partial charge on any atom is 0.335 e. The number of carbonyl (C=O) groups is 1. The molecule has 0 radical (unpaired) electrons. The molecule has 0 aliphatic rings. The molecule has 0 saturated carbocycles. The lowest BCUT2D eigenvalue weighted by Crippen LogP contribution is -2.00. The highest BCUT2D eigenvalue weighted by atomic mass is 16.6. The minimum Gasteiger partial charge on any atom is -0.478 e. The lowest BCUT2D eigenvalue weighted by atomic mass is 10.1. The Balaban J connectivity index is 2.00. The van der Waals surface area contributed by atoms with Crippen molar-refractivity contribution < 1.29 is 14.8 Å². The molecule has 25 heavy (non-hydrogen) atoms. The van der Waals surface area contributed by atoms with Crippen LogP contribution >= 0.6 is 0 Å². The molecule has 2 aromatic carbocycles. The minimum absolute atomic E-state index is 0.0185. The van der Waals surface area contributed by atoms with E-state index in [4.69, 9.17) is 5.11 Å². The molecule has 0 saturated heterocycles. The molecule has 0 aliphatic carbocycles. The number of rotatable bonds is 5. The fourth-order valence-electron chi connectivity index (χ4n) is 2.45. The molecule has 0 fully saturated rings. The van der Waals surface area contributed by atoms with Crippen LogP contribution in [-0.2, 0) is 0 Å². The second-order valence-corrected chi connectivity index (χ2v) is 5.26. The van der Waals surface area contributed by atoms with Gasteiger partial charge in [0.2, 0.25) is 0 Å². The van der Waals surface area contributed by atoms with Crippen molar-refractivity contribution in [3.8, 4) is 16.9 Å². The Kier molecular flexibility index (Phi) is 4.17. The van der Waals surface area contributed by atoms with Crippen LogP contribution in [0.1, 0.15) is 10.4 Å². The summed E-state index contributed by atoms with van der Waals surface area (Å²) in [4.78, 5) is 25.8. The van der Waals surface area contributed by atoms with Gasteiger partial charge in [-0.05, 0) is 18.2 Å². The first-order chi connectivity index (χ1) is 12.0. The maximum absolute atomic E-state index is 11.0. The summed E-state index contributed by atoms with van der Waals surface area (Å²) < 4.78 is 1.68. The summed E-state index contributed by atoms with van der Waals surface area (Å²) >= 11 is 0. The number of nitrogens with one attached hydrogen (secondary N) is 1. The zero-order chi connectivity index (χ0) is 18.0. The molecule has 0 bridgehead atoms. The van der Waals surface area contributed by atoms with Gasteiger partial charge < -0.3 is 15.0 Å². The average molecular weight is 338 g/mol. The van der Waals surface area contributed by atoms with E-state index in [9.17, 15) is 14.9 Å². The van der Waals surface area contributed by atoms with Gasteiger partial charge in [-0.25, -0.2) is 9.78 Å². The number of benzene rings is 2. The Bertz CT molecular complexity index is 948. The third kappa shape index (κ3) is 3.18. The first-order valence-corrected chi connectivity index (χ1v) is 7.34. The standard InChI is InChI=1S/C17H14N4O4/c1-18-14-7-6-13(21(24)25)8-16(14)20-9-15(19-10-20)11-2-4-12(5-3-11)17(22)23/h2-10,18H,1H3,(H,22,23). The second kappa shape index (κ2) is 6.44. The van der Waals surface area contributed by atoms with Crippen LogP contribution in [0.25, 0.3) is 16.9 Å². The Labute approximate surface area is 142 Å². The topological polar surface area (TPSA) is 110 Å². The molecule has 8 heteroatoms. The number of non-ortho nitro benzene ring substituents is 1. The van der Waals surface area contributed by atoms with Crippen molar-refractivity contribution in [2.45, 2.75) is 0 Å². The third-order valence-corrected chi connectivity index (χ3v) is 3.75. The highest BCUT2D eigenvalue weighted by Gasteiger charge is 2.13. The summed E-state index contributed by atoms with van der Waals surface area (Å²) in [5.41, 5.74) is 2.87. The van der Waals surface area contributed by atoms with E-state index >= 15 is 0 Å². The molecule has 0 amide bonds. The number of aromatic carboxylic acids is 1. The van der Waals surface area contributed by atoms with Crippen LogP contribution in [-0.4, -0.2) is 32.6 Å². The van der Waals surface area contributed by atoms with Crippen LogP contribution in [0.3, 0.4) is 0 Å². The number of hydrogen-bond acceptors (Lipinski definition) is 5. The van der Waals surface area contributed by atoms with Crippen LogP contribution < -0.4 is 5.32 Å². The molecule has 8 nitrogen and oxygen atoms in total. The normalized spacial score (nSPS) is 10.4. The summed E-state index contributed by atoms with van der Waals surface area (Å²) in [6, 6.07) is 10.9. The third-order valence-electron chi connectivity index (χ3n) is 3.75. The number of aromatic nitrogens is 2. The van der Waals surface area contributed by atoms with E-state index in [1.165, 1.54) is 24.3 Å². The Morgan fingerprint density at radius 2 is 1.96 bits per heavy atom. The van der Waals surface area contributed by atoms with Crippen molar-refractivity contribution >= 4 is 17.3 Å². The van der Waals surface area contributed by atoms with Gasteiger partial charge in [0.1, 0.15) is 0 Å². The monoisotopic (exact) mass is 338 g/mol. The highest BCUT2D eigenvalue weighted by Crippen LogP contribution is 2.27. The SMILES string of the molecule is CNc1ccc([N+](=O)[O-])cc1-n1cnc(-c2ccc(C(=O)O)cc2)c1. The smallest absolute Gasteiger partial charge is 0.335 e. The van der Waals surface area contributed by atoms with Gasteiger partial charge in [-0.3, -0.25) is 10.1 Å². The number of carboxylic acid groups (broad SMARTS) is 1. The van der Waals surface area contributed by atoms with Gasteiger partial charge >= 0.3 is 5.97 Å². The van der Waals surface area contributed by atoms with Gasteiger partial charge in [-0.1, -0.05) is 12.1 Å². The fourth-order valence-corrected chi connectivity index (χ4v) is 2.45. The average Bonchev–Trinajstić information content (AvgIpc) is 3.11. The molecular weight excluding hydrogens is 324 g/mol. The molecular formula is C17H14N4O4. The Morgan fingerprint density at radius 1 is 1.24 bits per heavy atom. The molecule has 1 aromatic heterocycles. The molecule has 2 N–H and O–H groups in total. The summed E-state index contributed by atoms with van der Waals surface area (Å²) in [6.07, 6.45) is 3.29. The second-order valence-electron chi connectivity index (χ2n) is 5.26. The van der Waals surface area contributed by atoms with Gasteiger partial charge in [0.05, 0.1) is 33.9 Å². The predicted octanol–water partition coefficient (Wildman–Crippen LogP) is 3.19. The predicted molar refractivity (Wildman–Crippen MR) is 92.2 cm³/mol. The van der Waals surface area contributed by atoms with Gasteiger partial charge in [-0.2, -0.15) is 0 Å². The summed E-state index contributed by atoms with van der Waals surface area (Å²) in [5, 5.41) is 22.9. The summed E-state index contributed by atoms with van der Waals surface area (Å²) in [6.45, 7) is 0. The quantitative estimate of drug-likeness (QED) is 0.546. The number of nitrogens with zero attached hydrogens (tertiary/aromatic N) is 3. The highest BCUT2D eigenvalue weighted by molar-refractivity contribution is 5.88. The first kappa shape index (κ1) is 16.2. The largest absolute Gasteiger partial charge is 0.478 e. The first-order valence-electron chi connectivity index (χ1n) is 7.34. The van der Waals surface area contributed by atoms with Crippen molar-refractivity contribution in [2.75, 3.05) is 12.4 Å². The minimum atomic E-state index is -0.993. The summed E-state index contributed by atoms with van der Waals surface area (Å²) in [7, 11) is 1.73. The molecule has 0 unspecified atom stereocenters. The molecule has 3 aromatic rings. The number of imidazole rings is 1. The van der Waals surface area contributed by atoms with E-state index in [1.54, 1.807) is 42.3 Å². The molecule has 0 aliphatic heterocycles. The van der Waals surface area contributed by atoms with Crippen molar-refractivity contribution in [3.05, 3.63) is 70.7 Å². The number of nitro benzene ring substituents is 1. The zero-order valence-electron chi connectivity index (χ0n) is 13.2. The van der Waals surface area contributed by atoms with Crippen LogP contribution in [0, 0.1) is 10.1 Å². The number of hydrogen-bond donors (Lipinski definition) is 2. The van der Waals surface area contributed by atoms with Gasteiger partial charge in [0.25, 0.3) is 5.69 Å². The van der Waals surface area contributed by atoms with Crippen molar-refractivity contribution in [3.63, 3.8) is 0 Å². The lowest BCUT2D eigenvalue weighted by Gasteiger charge is -2.09. The van der Waals surface area contributed by atoms with E-state index in [0.29, 0.717) is 11.4 Å². The van der Waals surface area contributed by atoms with Crippen LogP contribution in [0.2, 0.25) is 0 Å². The molecule has 0 spiro atoms. The van der Waals surface area contributed by atoms with E-state index in [2.05, 4.69) is 10.3 Å². The van der Waals surface area contributed by atoms with E-state index in [-0.39, 0.29) is 11.3 Å². The van der Waals surface area contributed by atoms with Crippen LogP contribution in [0.15, 0.2) is 55.0 Å². The zero-order valence-corrected chi connectivity index (χ0v) is 13.2. The molecule has 1 heterocycles. The van der Waals surface area contributed by atoms with Crippen molar-refractivity contribution in [2.24, 2.45) is 0 Å². The lowest BCUT2D eigenvalue weighted by molar-refractivity contribution is -0.384. The number of nitro groups is 1. The van der Waals surface area contributed by atoms with Gasteiger partial charge in [-0.15, -0.1) is 0 Å². The van der Waals surface area contributed by atoms with Crippen molar-refractivity contribution in [1.82, 2.24) is 9.55 Å². The van der Waals surface area contributed by atoms with Gasteiger partial charge in [0.15, 0.2) is 0 Å². The van der Waals surface area contributed by atoms with Gasteiger partial charge in [0, 0.05) is 30.9 Å². The van der Waals surface area contributed by atoms with E-state index < -0.39 is 10.9 Å². The Morgan fingerprint density at radius 3 is 2.56 bits per heavy atom. The number of carboxylic acids is 1. The summed E-state index contributed by atoms with van der Waals surface area (Å²) in [5.74, 6) is -0.993. The maximum atomic E-state index is 11.0. The molecule has 126 valence electrons. The van der Waals surface area contributed by atoms with Crippen molar-refractivity contribution in [1.29, 1.82) is 0 Å². The van der Waals surface area contributed by atoms with Crippen LogP contribution in [0.4, 0.5) is 11.4 Å². The number of anilines is 1.